The molecule has 2 N–H and O–H groups in total. The molecule has 1 unspecified atom stereocenters. The highest BCUT2D eigenvalue weighted by atomic mass is 35.5. The third-order valence-corrected chi connectivity index (χ3v) is 8.35. The average Bonchev–Trinajstić information content (AvgIpc) is 2.98. The van der Waals surface area contributed by atoms with Crippen LogP contribution in [0, 0.1) is 0 Å². The van der Waals surface area contributed by atoms with Crippen LogP contribution in [-0.4, -0.2) is 53.7 Å². The smallest absolute Gasteiger partial charge is 0.170 e. The van der Waals surface area contributed by atoms with Gasteiger partial charge in [-0.1, -0.05) is 62.0 Å². The molecule has 4 aromatic carbocycles. The fourth-order valence-electron chi connectivity index (χ4n) is 4.98. The van der Waals surface area contributed by atoms with Crippen molar-refractivity contribution in [3.8, 4) is 17.2 Å². The van der Waals surface area contributed by atoms with Crippen LogP contribution in [0.3, 0.4) is 0 Å². The zero-order valence-electron chi connectivity index (χ0n) is 24.5. The second-order valence-corrected chi connectivity index (χ2v) is 11.0. The summed E-state index contributed by atoms with van der Waals surface area (Å²) in [7, 11) is 1.58. The van der Waals surface area contributed by atoms with Gasteiger partial charge in [0.2, 0.25) is 0 Å². The number of ketones is 1. The molecule has 4 aromatic rings. The van der Waals surface area contributed by atoms with E-state index in [9.17, 15) is 15.0 Å². The van der Waals surface area contributed by atoms with Gasteiger partial charge in [-0.2, -0.15) is 0 Å². The van der Waals surface area contributed by atoms with Gasteiger partial charge in [-0.15, -0.1) is 12.4 Å². The van der Waals surface area contributed by atoms with Gasteiger partial charge < -0.3 is 19.8 Å². The van der Waals surface area contributed by atoms with Crippen molar-refractivity contribution in [3.63, 3.8) is 0 Å². The van der Waals surface area contributed by atoms with E-state index in [4.69, 9.17) is 4.74 Å². The molecule has 0 amide bonds. The van der Waals surface area contributed by atoms with Crippen LogP contribution in [0.5, 0.6) is 17.2 Å². The van der Waals surface area contributed by atoms with Crippen molar-refractivity contribution in [1.82, 2.24) is 4.90 Å². The number of carbonyl (C=O) groups is 1. The molecule has 0 saturated carbocycles. The number of fused-ring (bicyclic) bond motifs is 2. The Hall–Kier alpha value is -3.65. The Labute approximate surface area is 259 Å². The number of rotatable bonds is 9. The summed E-state index contributed by atoms with van der Waals surface area (Å²) in [4.78, 5) is 19.7. The molecule has 0 fully saturated rings. The molecule has 0 aliphatic carbocycles. The van der Waals surface area contributed by atoms with Gasteiger partial charge in [0, 0.05) is 34.9 Å². The molecule has 42 heavy (non-hydrogen) atoms. The fraction of sp³-hybridized carbons (Fsp3) is 0.265. The van der Waals surface area contributed by atoms with E-state index >= 15 is 0 Å². The number of carbonyl (C=O) groups excluding carboxylic acids is 1. The summed E-state index contributed by atoms with van der Waals surface area (Å²) < 4.78 is 5.04. The molecule has 0 aromatic heterocycles. The Bertz CT molecular complexity index is 1410. The highest BCUT2D eigenvalue weighted by Gasteiger charge is 2.25. The maximum Gasteiger partial charge on any atom is 0.170 e. The number of Topliss-reactive ketones (excluding diaryl/α,β-unsaturated/α-hetero) is 1. The van der Waals surface area contributed by atoms with Gasteiger partial charge in [-0.25, -0.2) is 0 Å². The molecule has 0 spiro atoms. The Morgan fingerprint density at radius 1 is 0.881 bits per heavy atom. The summed E-state index contributed by atoms with van der Waals surface area (Å²) in [6.45, 7) is 10.0. The predicted octanol–water partition coefficient (Wildman–Crippen LogP) is 7.97. The number of methoxy groups -OCH3 is 1. The van der Waals surface area contributed by atoms with Gasteiger partial charge in [-0.05, 0) is 74.1 Å². The topological polar surface area (TPSA) is 73.2 Å². The Kier molecular flexibility index (Phi) is 12.2. The maximum atomic E-state index is 12.0. The monoisotopic (exact) mass is 606 g/mol. The van der Waals surface area contributed by atoms with E-state index in [1.165, 1.54) is 33.3 Å². The number of benzene rings is 4. The van der Waals surface area contributed by atoms with E-state index in [2.05, 4.69) is 79.1 Å². The van der Waals surface area contributed by atoms with E-state index in [0.717, 1.165) is 37.0 Å². The number of halogens is 1. The summed E-state index contributed by atoms with van der Waals surface area (Å²) in [6.07, 6.45) is 0.183. The lowest BCUT2D eigenvalue weighted by molar-refractivity contribution is 0.0990. The third-order valence-electron chi connectivity index (χ3n) is 7.22. The summed E-state index contributed by atoms with van der Waals surface area (Å²) >= 11 is 1.88. The molecule has 222 valence electrons. The van der Waals surface area contributed by atoms with Crippen molar-refractivity contribution in [3.05, 3.63) is 102 Å². The standard InChI is InChI=1S/C19H24N2S.C15H14O4.ClH/c1-4-20(5-2)15(3)14-21-16-10-6-8-12-18(16)22-19-13-9-7-11-17(19)21;1-19-12-5-2-10(3-6-12)8-14(17)13-7-4-11(16)9-15(13)18;/h6-13,15H,4-5,14H2,1-3H3;2-7,9,16,18H,8H2,1H3;1H. The van der Waals surface area contributed by atoms with Crippen molar-refractivity contribution in [2.45, 2.75) is 43.0 Å². The van der Waals surface area contributed by atoms with Gasteiger partial charge in [-0.3, -0.25) is 9.69 Å². The number of phenolic OH excluding ortho intramolecular Hbond substituents is 2. The Balaban J connectivity index is 0.000000228. The highest BCUT2D eigenvalue weighted by molar-refractivity contribution is 7.99. The van der Waals surface area contributed by atoms with Crippen LogP contribution >= 0.6 is 24.2 Å². The molecule has 5 rings (SSSR count). The minimum Gasteiger partial charge on any atom is -0.508 e. The van der Waals surface area contributed by atoms with E-state index in [-0.39, 0.29) is 41.7 Å². The lowest BCUT2D eigenvalue weighted by atomic mass is 10.0. The lowest BCUT2D eigenvalue weighted by Gasteiger charge is -2.37. The van der Waals surface area contributed by atoms with Crippen molar-refractivity contribution < 1.29 is 19.7 Å². The van der Waals surface area contributed by atoms with Crippen molar-refractivity contribution in [2.24, 2.45) is 0 Å². The number of anilines is 2. The fourth-order valence-corrected chi connectivity index (χ4v) is 6.08. The largest absolute Gasteiger partial charge is 0.508 e. The number of phenols is 2. The zero-order chi connectivity index (χ0) is 29.4. The Morgan fingerprint density at radius 2 is 1.45 bits per heavy atom. The van der Waals surface area contributed by atoms with Gasteiger partial charge in [0.1, 0.15) is 17.2 Å². The number of para-hydroxylation sites is 2. The Morgan fingerprint density at radius 3 is 1.98 bits per heavy atom. The van der Waals surface area contributed by atoms with Crippen LogP contribution in [0.25, 0.3) is 0 Å². The van der Waals surface area contributed by atoms with Crippen molar-refractivity contribution >= 4 is 41.3 Å². The summed E-state index contributed by atoms with van der Waals surface area (Å²) in [6, 6.07) is 29.1. The second kappa shape index (κ2) is 15.5. The molecule has 0 bridgehead atoms. The quantitative estimate of drug-likeness (QED) is 0.187. The minimum absolute atomic E-state index is 0. The normalized spacial score (nSPS) is 12.3. The zero-order valence-corrected chi connectivity index (χ0v) is 26.1. The summed E-state index contributed by atoms with van der Waals surface area (Å²) in [5, 5.41) is 18.8. The number of nitrogens with zero attached hydrogens (tertiary/aromatic N) is 2. The predicted molar refractivity (Wildman–Crippen MR) is 174 cm³/mol. The lowest BCUT2D eigenvalue weighted by Crippen LogP contribution is -2.41. The third kappa shape index (κ3) is 8.00. The molecular formula is C34H39ClN2O4S. The average molecular weight is 607 g/mol. The van der Waals surface area contributed by atoms with Gasteiger partial charge in [0.05, 0.1) is 24.0 Å². The number of hydrogen-bond donors (Lipinski definition) is 2. The molecule has 1 atom stereocenters. The number of hydrogen-bond acceptors (Lipinski definition) is 7. The first-order valence-corrected chi connectivity index (χ1v) is 14.7. The van der Waals surface area contributed by atoms with Crippen LogP contribution in [0.15, 0.2) is 101 Å². The van der Waals surface area contributed by atoms with E-state index in [0.29, 0.717) is 6.04 Å². The van der Waals surface area contributed by atoms with Gasteiger partial charge in [0.15, 0.2) is 5.78 Å². The number of aromatic hydroxyl groups is 2. The number of likely N-dealkylation sites (N-methyl/N-ethyl adjacent to an activating group) is 1. The summed E-state index contributed by atoms with van der Waals surface area (Å²) in [5.41, 5.74) is 3.71. The molecule has 0 radical (unpaired) electrons. The second-order valence-electron chi connectivity index (χ2n) is 9.87. The van der Waals surface area contributed by atoms with E-state index in [1.54, 1.807) is 31.4 Å². The van der Waals surface area contributed by atoms with E-state index in [1.807, 2.05) is 11.8 Å². The SMILES string of the molecule is CCN(CC)C(C)CN1c2ccccc2Sc2ccccc21.COc1ccc(CC(=O)c2ccc(O)cc2O)cc1.Cl. The molecule has 0 saturated heterocycles. The highest BCUT2D eigenvalue weighted by Crippen LogP contribution is 2.47. The molecule has 6 nitrogen and oxygen atoms in total. The molecule has 1 aliphatic rings. The first kappa shape index (κ1) is 32.9. The van der Waals surface area contributed by atoms with Crippen molar-refractivity contribution in [2.75, 3.05) is 31.6 Å². The molecular weight excluding hydrogens is 568 g/mol. The first-order valence-electron chi connectivity index (χ1n) is 13.9. The van der Waals surface area contributed by atoms with Crippen LogP contribution in [0.4, 0.5) is 11.4 Å². The van der Waals surface area contributed by atoms with E-state index < -0.39 is 0 Å². The van der Waals surface area contributed by atoms with Crippen LogP contribution < -0.4 is 9.64 Å². The molecule has 8 heteroatoms. The van der Waals surface area contributed by atoms with Crippen LogP contribution in [0.2, 0.25) is 0 Å². The molecule has 1 heterocycles. The molecule has 1 aliphatic heterocycles. The van der Waals surface area contributed by atoms with Crippen LogP contribution in [-0.2, 0) is 6.42 Å². The van der Waals surface area contributed by atoms with Crippen LogP contribution in [0.1, 0.15) is 36.7 Å². The van der Waals surface area contributed by atoms with Gasteiger partial charge >= 0.3 is 0 Å². The summed E-state index contributed by atoms with van der Waals surface area (Å²) in [5.74, 6) is 0.239. The first-order chi connectivity index (χ1) is 19.8. The van der Waals surface area contributed by atoms with Gasteiger partial charge in [0.25, 0.3) is 0 Å². The number of ether oxygens (including phenoxy) is 1. The minimum atomic E-state index is -0.210. The van der Waals surface area contributed by atoms with Crippen molar-refractivity contribution in [1.29, 1.82) is 0 Å². The maximum absolute atomic E-state index is 12.0.